The number of nitro groups is 1. The third kappa shape index (κ3) is 3.03. The van der Waals surface area contributed by atoms with Crippen LogP contribution in [0.15, 0.2) is 18.2 Å². The summed E-state index contributed by atoms with van der Waals surface area (Å²) < 4.78 is 5.43. The molecular formula is C15H20N2O3. The number of anilines is 1. The highest BCUT2D eigenvalue weighted by molar-refractivity contribution is 5.57. The van der Waals surface area contributed by atoms with E-state index in [9.17, 15) is 10.1 Å². The van der Waals surface area contributed by atoms with E-state index in [1.54, 1.807) is 6.07 Å². The highest BCUT2D eigenvalue weighted by Crippen LogP contribution is 2.46. The van der Waals surface area contributed by atoms with Crippen molar-refractivity contribution in [3.8, 4) is 5.75 Å². The zero-order valence-electron chi connectivity index (χ0n) is 11.7. The lowest BCUT2D eigenvalue weighted by Crippen LogP contribution is -2.24. The molecule has 5 nitrogen and oxygen atoms in total. The highest BCUT2D eigenvalue weighted by Gasteiger charge is 2.41. The molecule has 20 heavy (non-hydrogen) atoms. The van der Waals surface area contributed by atoms with Gasteiger partial charge in [0, 0.05) is 23.9 Å². The number of hydrogen-bond donors (Lipinski definition) is 1. The summed E-state index contributed by atoms with van der Waals surface area (Å²) in [7, 11) is 0. The van der Waals surface area contributed by atoms with E-state index >= 15 is 0 Å². The lowest BCUT2D eigenvalue weighted by atomic mass is 10.1. The average Bonchev–Trinajstić information content (AvgIpc) is 3.28. The standard InChI is InChI=1S/C15H20N2O3/c1-2-20-14-8-12(7-13(9-14)17(18)19)16-15(10-3-4-10)11-5-6-11/h7-11,15-16H,2-6H2,1H3. The SMILES string of the molecule is CCOc1cc(NC(C2CC2)C2CC2)cc([N+](=O)[O-])c1. The molecule has 2 aliphatic rings. The van der Waals surface area contributed by atoms with Crippen LogP contribution < -0.4 is 10.1 Å². The number of benzene rings is 1. The number of rotatable bonds is 7. The fourth-order valence-electron chi connectivity index (χ4n) is 2.75. The molecule has 0 saturated heterocycles. The summed E-state index contributed by atoms with van der Waals surface area (Å²) >= 11 is 0. The molecule has 0 atom stereocenters. The van der Waals surface area contributed by atoms with Crippen molar-refractivity contribution >= 4 is 11.4 Å². The van der Waals surface area contributed by atoms with Crippen molar-refractivity contribution in [1.29, 1.82) is 0 Å². The quantitative estimate of drug-likeness (QED) is 0.610. The minimum Gasteiger partial charge on any atom is -0.494 e. The van der Waals surface area contributed by atoms with E-state index in [1.165, 1.54) is 31.7 Å². The third-order valence-electron chi connectivity index (χ3n) is 4.01. The van der Waals surface area contributed by atoms with E-state index in [0.29, 0.717) is 18.4 Å². The summed E-state index contributed by atoms with van der Waals surface area (Å²) in [6, 6.07) is 5.44. The van der Waals surface area contributed by atoms with Gasteiger partial charge in [-0.25, -0.2) is 0 Å². The van der Waals surface area contributed by atoms with Crippen LogP contribution in [0.3, 0.4) is 0 Å². The molecule has 2 saturated carbocycles. The van der Waals surface area contributed by atoms with Gasteiger partial charge in [-0.15, -0.1) is 0 Å². The minimum atomic E-state index is -0.364. The van der Waals surface area contributed by atoms with Gasteiger partial charge in [-0.2, -0.15) is 0 Å². The van der Waals surface area contributed by atoms with Gasteiger partial charge in [0.25, 0.3) is 5.69 Å². The largest absolute Gasteiger partial charge is 0.494 e. The number of nitrogens with one attached hydrogen (secondary N) is 1. The minimum absolute atomic E-state index is 0.0868. The normalized spacial score (nSPS) is 18.1. The molecule has 2 aliphatic carbocycles. The van der Waals surface area contributed by atoms with Gasteiger partial charge < -0.3 is 10.1 Å². The zero-order chi connectivity index (χ0) is 14.1. The van der Waals surface area contributed by atoms with Crippen LogP contribution in [0, 0.1) is 22.0 Å². The van der Waals surface area contributed by atoms with Crippen LogP contribution in [-0.4, -0.2) is 17.6 Å². The molecule has 0 aromatic heterocycles. The van der Waals surface area contributed by atoms with Crippen LogP contribution >= 0.6 is 0 Å². The second-order valence-electron chi connectivity index (χ2n) is 5.75. The molecule has 0 aliphatic heterocycles. The Kier molecular flexibility index (Phi) is 3.51. The van der Waals surface area contributed by atoms with Crippen molar-refractivity contribution in [3.63, 3.8) is 0 Å². The van der Waals surface area contributed by atoms with Gasteiger partial charge in [0.15, 0.2) is 0 Å². The van der Waals surface area contributed by atoms with Crippen LogP contribution in [0.5, 0.6) is 5.75 Å². The Labute approximate surface area is 118 Å². The predicted octanol–water partition coefficient (Wildman–Crippen LogP) is 3.59. The van der Waals surface area contributed by atoms with E-state index in [1.807, 2.05) is 13.0 Å². The van der Waals surface area contributed by atoms with Gasteiger partial charge >= 0.3 is 0 Å². The maximum Gasteiger partial charge on any atom is 0.275 e. The molecule has 0 heterocycles. The van der Waals surface area contributed by atoms with Crippen molar-refractivity contribution in [2.24, 2.45) is 11.8 Å². The average molecular weight is 276 g/mol. The number of nitrogens with zero attached hydrogens (tertiary/aromatic N) is 1. The maximum absolute atomic E-state index is 11.0. The molecule has 1 N–H and O–H groups in total. The van der Waals surface area contributed by atoms with E-state index in [0.717, 1.165) is 17.5 Å². The molecule has 0 unspecified atom stereocenters. The Morgan fingerprint density at radius 3 is 2.45 bits per heavy atom. The molecule has 0 spiro atoms. The van der Waals surface area contributed by atoms with Crippen LogP contribution in [0.25, 0.3) is 0 Å². The van der Waals surface area contributed by atoms with Crippen LogP contribution in [0.1, 0.15) is 32.6 Å². The number of ether oxygens (including phenoxy) is 1. The van der Waals surface area contributed by atoms with Gasteiger partial charge in [-0.1, -0.05) is 0 Å². The second-order valence-corrected chi connectivity index (χ2v) is 5.75. The molecule has 5 heteroatoms. The van der Waals surface area contributed by atoms with Gasteiger partial charge in [0.1, 0.15) is 5.75 Å². The molecule has 1 aromatic carbocycles. The monoisotopic (exact) mass is 276 g/mol. The van der Waals surface area contributed by atoms with Crippen molar-refractivity contribution in [3.05, 3.63) is 28.3 Å². The Hall–Kier alpha value is -1.78. The van der Waals surface area contributed by atoms with E-state index in [-0.39, 0.29) is 10.6 Å². The van der Waals surface area contributed by atoms with Crippen LogP contribution in [-0.2, 0) is 0 Å². The smallest absolute Gasteiger partial charge is 0.275 e. The highest BCUT2D eigenvalue weighted by atomic mass is 16.6. The first-order chi connectivity index (χ1) is 9.67. The van der Waals surface area contributed by atoms with Crippen molar-refractivity contribution < 1.29 is 9.66 Å². The first-order valence-corrected chi connectivity index (χ1v) is 7.36. The van der Waals surface area contributed by atoms with Crippen molar-refractivity contribution in [2.45, 2.75) is 38.6 Å². The Bertz CT molecular complexity index is 498. The van der Waals surface area contributed by atoms with Gasteiger partial charge in [-0.3, -0.25) is 10.1 Å². The summed E-state index contributed by atoms with van der Waals surface area (Å²) in [6.45, 7) is 2.39. The van der Waals surface area contributed by atoms with Crippen LogP contribution in [0.2, 0.25) is 0 Å². The fourth-order valence-corrected chi connectivity index (χ4v) is 2.75. The van der Waals surface area contributed by atoms with E-state index in [4.69, 9.17) is 4.74 Å². The maximum atomic E-state index is 11.0. The van der Waals surface area contributed by atoms with Gasteiger partial charge in [0.2, 0.25) is 0 Å². The number of nitro benzene ring substituents is 1. The Balaban J connectivity index is 1.81. The molecule has 3 rings (SSSR count). The molecule has 1 aromatic rings. The summed E-state index contributed by atoms with van der Waals surface area (Å²) in [6.07, 6.45) is 5.12. The van der Waals surface area contributed by atoms with E-state index < -0.39 is 0 Å². The van der Waals surface area contributed by atoms with Gasteiger partial charge in [-0.05, 0) is 44.4 Å². The molecule has 2 fully saturated rings. The lowest BCUT2D eigenvalue weighted by molar-refractivity contribution is -0.384. The zero-order valence-corrected chi connectivity index (χ0v) is 11.7. The fraction of sp³-hybridized carbons (Fsp3) is 0.600. The molecule has 0 bridgehead atoms. The van der Waals surface area contributed by atoms with Crippen molar-refractivity contribution in [1.82, 2.24) is 0 Å². The van der Waals surface area contributed by atoms with Crippen LogP contribution in [0.4, 0.5) is 11.4 Å². The second kappa shape index (κ2) is 5.31. The number of non-ortho nitro benzene ring substituents is 1. The predicted molar refractivity (Wildman–Crippen MR) is 77.1 cm³/mol. The number of hydrogen-bond acceptors (Lipinski definition) is 4. The first kappa shape index (κ1) is 13.2. The molecular weight excluding hydrogens is 256 g/mol. The molecule has 0 radical (unpaired) electrons. The summed E-state index contributed by atoms with van der Waals surface area (Å²) in [5, 5.41) is 14.5. The summed E-state index contributed by atoms with van der Waals surface area (Å²) in [4.78, 5) is 10.6. The summed E-state index contributed by atoms with van der Waals surface area (Å²) in [5.74, 6) is 2.06. The van der Waals surface area contributed by atoms with Gasteiger partial charge in [0.05, 0.1) is 17.6 Å². The topological polar surface area (TPSA) is 64.4 Å². The Morgan fingerprint density at radius 2 is 1.95 bits per heavy atom. The molecule has 0 amide bonds. The van der Waals surface area contributed by atoms with Crippen molar-refractivity contribution in [2.75, 3.05) is 11.9 Å². The Morgan fingerprint density at radius 1 is 1.30 bits per heavy atom. The lowest BCUT2D eigenvalue weighted by Gasteiger charge is -2.19. The van der Waals surface area contributed by atoms with E-state index in [2.05, 4.69) is 5.32 Å². The first-order valence-electron chi connectivity index (χ1n) is 7.36. The molecule has 108 valence electrons. The third-order valence-corrected chi connectivity index (χ3v) is 4.01. The summed E-state index contributed by atoms with van der Waals surface area (Å²) in [5.41, 5.74) is 0.898.